The molecule has 0 heterocycles. The van der Waals surface area contributed by atoms with Gasteiger partial charge in [-0.1, -0.05) is 0 Å². The zero-order valence-corrected chi connectivity index (χ0v) is 7.15. The van der Waals surface area contributed by atoms with E-state index in [0.29, 0.717) is 6.61 Å². The van der Waals surface area contributed by atoms with Crippen molar-refractivity contribution in [3.05, 3.63) is 0 Å². The summed E-state index contributed by atoms with van der Waals surface area (Å²) in [6, 6.07) is 0. The second-order valence-corrected chi connectivity index (χ2v) is 2.00. The van der Waals surface area contributed by atoms with Crippen LogP contribution in [0.2, 0.25) is 0 Å². The molecule has 10 heavy (non-hydrogen) atoms. The van der Waals surface area contributed by atoms with Gasteiger partial charge in [-0.05, 0) is 19.1 Å². The largest absolute Gasteiger partial charge is 0.420 e. The number of thiol groups is 1. The zero-order chi connectivity index (χ0) is 7.98. The van der Waals surface area contributed by atoms with Crippen molar-refractivity contribution in [1.29, 1.82) is 0 Å². The summed E-state index contributed by atoms with van der Waals surface area (Å²) in [5.41, 5.74) is 0.0501. The summed E-state index contributed by atoms with van der Waals surface area (Å²) in [5, 5.41) is 0. The Morgan fingerprint density at radius 3 is 2.90 bits per heavy atom. The van der Waals surface area contributed by atoms with Gasteiger partial charge in [-0.15, -0.1) is 12.6 Å². The first-order valence-corrected chi connectivity index (χ1v) is 3.65. The highest BCUT2D eigenvalue weighted by atomic mass is 32.1. The third-order valence-corrected chi connectivity index (χ3v) is 1.15. The van der Waals surface area contributed by atoms with E-state index in [0.717, 1.165) is 5.55 Å². The Bertz CT molecular complexity index is 126. The Hall–Kier alpha value is -0.130. The van der Waals surface area contributed by atoms with Crippen molar-refractivity contribution in [2.24, 2.45) is 0 Å². The van der Waals surface area contributed by atoms with Crippen LogP contribution in [0.5, 0.6) is 0 Å². The fraction of sp³-hybridized carbons (Fsp3) is 0.600. The normalized spacial score (nSPS) is 12.2. The average Bonchev–Trinajstić information content (AvgIpc) is 1.89. The van der Waals surface area contributed by atoms with Crippen LogP contribution in [-0.4, -0.2) is 23.6 Å². The Kier molecular flexibility index (Phi) is 5.57. The van der Waals surface area contributed by atoms with Crippen LogP contribution in [0, 0.1) is 0 Å². The molecule has 0 saturated carbocycles. The maximum Gasteiger partial charge on any atom is 0.351 e. The Labute approximate surface area is 70.1 Å². The van der Waals surface area contributed by atoms with Gasteiger partial charge in [0.1, 0.15) is 0 Å². The molecule has 0 saturated heterocycles. The number of carbonyl (C=O) groups excluding carboxylic acids is 1. The maximum atomic E-state index is 10.6. The Balaban J connectivity index is 3.58. The van der Waals surface area contributed by atoms with Gasteiger partial charge in [0.15, 0.2) is 11.0 Å². The first-order valence-electron chi connectivity index (χ1n) is 2.66. The zero-order valence-electron chi connectivity index (χ0n) is 5.44. The summed E-state index contributed by atoms with van der Waals surface area (Å²) in [6.45, 7) is 2.18. The lowest BCUT2D eigenvalue weighted by molar-refractivity contribution is -0.141. The van der Waals surface area contributed by atoms with Crippen LogP contribution in [0.25, 0.3) is 0 Å². The van der Waals surface area contributed by atoms with Crippen molar-refractivity contribution in [3.8, 4) is 0 Å². The van der Waals surface area contributed by atoms with E-state index in [1.54, 1.807) is 6.92 Å². The van der Waals surface area contributed by atoms with Crippen LogP contribution >= 0.6 is 24.8 Å². The quantitative estimate of drug-likeness (QED) is 0.300. The second-order valence-electron chi connectivity index (χ2n) is 1.34. The van der Waals surface area contributed by atoms with Crippen molar-refractivity contribution >= 4 is 36.4 Å². The molecule has 0 aromatic carbocycles. The summed E-state index contributed by atoms with van der Waals surface area (Å²) in [4.78, 5) is 10.6. The lowest BCUT2D eigenvalue weighted by atomic mass is 10.7. The molecule has 1 atom stereocenters. The minimum absolute atomic E-state index is 0.417. The third kappa shape index (κ3) is 3.81. The molecule has 1 unspecified atom stereocenters. The van der Waals surface area contributed by atoms with E-state index in [1.807, 2.05) is 0 Å². The predicted molar refractivity (Wildman–Crippen MR) is 44.1 cm³/mol. The van der Waals surface area contributed by atoms with Gasteiger partial charge < -0.3 is 9.47 Å². The van der Waals surface area contributed by atoms with Crippen molar-refractivity contribution in [3.63, 3.8) is 0 Å². The van der Waals surface area contributed by atoms with Crippen LogP contribution in [0.3, 0.4) is 0 Å². The van der Waals surface area contributed by atoms with Crippen LogP contribution in [-0.2, 0) is 14.3 Å². The van der Waals surface area contributed by atoms with Crippen LogP contribution in [0.15, 0.2) is 0 Å². The topological polar surface area (TPSA) is 35.5 Å². The van der Waals surface area contributed by atoms with Crippen molar-refractivity contribution in [1.82, 2.24) is 0 Å². The number of thiocarbonyl (C=S) groups is 1. The molecule has 0 rings (SSSR count). The first-order chi connectivity index (χ1) is 4.72. The lowest BCUT2D eigenvalue weighted by Crippen LogP contribution is -2.20. The minimum atomic E-state index is -0.829. The van der Waals surface area contributed by atoms with Gasteiger partial charge in [0.2, 0.25) is 0 Å². The fourth-order valence-corrected chi connectivity index (χ4v) is 0.636. The highest BCUT2D eigenvalue weighted by Crippen LogP contribution is 1.98. The molecule has 58 valence electrons. The number of ether oxygens (including phenoxy) is 2. The van der Waals surface area contributed by atoms with Gasteiger partial charge in [-0.3, -0.25) is 0 Å². The van der Waals surface area contributed by atoms with Crippen molar-refractivity contribution in [2.75, 3.05) is 6.61 Å². The van der Waals surface area contributed by atoms with E-state index in [1.165, 1.54) is 0 Å². The maximum absolute atomic E-state index is 10.6. The molecule has 0 amide bonds. The summed E-state index contributed by atoms with van der Waals surface area (Å²) >= 11 is 8.05. The van der Waals surface area contributed by atoms with Gasteiger partial charge in [0.05, 0.1) is 0 Å². The molecule has 0 aliphatic carbocycles. The fourth-order valence-electron chi connectivity index (χ4n) is 0.332. The molecular weight excluding hydrogens is 172 g/mol. The van der Waals surface area contributed by atoms with Gasteiger partial charge in [-0.25, -0.2) is 4.79 Å². The smallest absolute Gasteiger partial charge is 0.351 e. The van der Waals surface area contributed by atoms with E-state index >= 15 is 0 Å². The minimum Gasteiger partial charge on any atom is -0.420 e. The molecule has 0 aliphatic heterocycles. The Morgan fingerprint density at radius 2 is 2.50 bits per heavy atom. The van der Waals surface area contributed by atoms with Crippen molar-refractivity contribution < 1.29 is 14.3 Å². The summed E-state index contributed by atoms with van der Waals surface area (Å²) in [5.74, 6) is -0.583. The van der Waals surface area contributed by atoms with Gasteiger partial charge in [0, 0.05) is 6.61 Å². The lowest BCUT2D eigenvalue weighted by Gasteiger charge is -2.06. The molecule has 0 aromatic heterocycles. The number of rotatable bonds is 4. The SMILES string of the molecule is CCOC(S)C(=O)OC=S. The molecule has 5 heteroatoms. The summed E-state index contributed by atoms with van der Waals surface area (Å²) in [7, 11) is 0. The van der Waals surface area contributed by atoms with Crippen LogP contribution in [0.4, 0.5) is 0 Å². The highest BCUT2D eigenvalue weighted by molar-refractivity contribution is 7.81. The number of hydrogen-bond acceptors (Lipinski definition) is 5. The summed E-state index contributed by atoms with van der Waals surface area (Å²) in [6.07, 6.45) is 0. The molecule has 0 aliphatic rings. The van der Waals surface area contributed by atoms with E-state index in [9.17, 15) is 4.79 Å². The highest BCUT2D eigenvalue weighted by Gasteiger charge is 2.13. The molecule has 0 spiro atoms. The van der Waals surface area contributed by atoms with Gasteiger partial charge in [0.25, 0.3) is 0 Å². The van der Waals surface area contributed by atoms with E-state index in [-0.39, 0.29) is 0 Å². The molecule has 0 radical (unpaired) electrons. The second kappa shape index (κ2) is 5.64. The third-order valence-electron chi connectivity index (χ3n) is 0.690. The molecule has 0 fully saturated rings. The van der Waals surface area contributed by atoms with E-state index in [4.69, 9.17) is 4.74 Å². The van der Waals surface area contributed by atoms with E-state index in [2.05, 4.69) is 29.6 Å². The average molecular weight is 180 g/mol. The van der Waals surface area contributed by atoms with E-state index < -0.39 is 11.4 Å². The molecule has 0 aromatic rings. The molecular formula is C5H8O3S2. The molecule has 3 nitrogen and oxygen atoms in total. The Morgan fingerprint density at radius 1 is 1.90 bits per heavy atom. The number of esters is 1. The standard InChI is InChI=1S/C5H8O3S2/c1-2-7-5(10)4(6)8-3-9/h3,5,10H,2H2,1H3. The van der Waals surface area contributed by atoms with Crippen LogP contribution in [0.1, 0.15) is 6.92 Å². The summed E-state index contributed by atoms with van der Waals surface area (Å²) < 4.78 is 9.09. The molecule has 0 N–H and O–H groups in total. The number of carbonyl (C=O) groups is 1. The van der Waals surface area contributed by atoms with Crippen molar-refractivity contribution in [2.45, 2.75) is 12.4 Å². The predicted octanol–water partition coefficient (Wildman–Crippen LogP) is 0.779. The van der Waals surface area contributed by atoms with Gasteiger partial charge in [-0.2, -0.15) is 0 Å². The molecule has 0 bridgehead atoms. The number of hydrogen-bond donors (Lipinski definition) is 1. The van der Waals surface area contributed by atoms with Gasteiger partial charge >= 0.3 is 5.97 Å². The first kappa shape index (κ1) is 9.87. The van der Waals surface area contributed by atoms with Crippen LogP contribution < -0.4 is 0 Å². The monoisotopic (exact) mass is 180 g/mol.